The predicted octanol–water partition coefficient (Wildman–Crippen LogP) is 5.12. The van der Waals surface area contributed by atoms with Crippen LogP contribution in [0.3, 0.4) is 0 Å². The fraction of sp³-hybridized carbons (Fsp3) is 0.308. The van der Waals surface area contributed by atoms with Gasteiger partial charge in [0, 0.05) is 23.5 Å². The van der Waals surface area contributed by atoms with Crippen LogP contribution in [-0.4, -0.2) is 30.4 Å². The second-order valence-corrected chi connectivity index (χ2v) is 8.72. The second kappa shape index (κ2) is 12.2. The number of halogens is 1. The minimum absolute atomic E-state index is 0.179. The van der Waals surface area contributed by atoms with E-state index in [0.29, 0.717) is 13.0 Å². The highest BCUT2D eigenvalue weighted by Crippen LogP contribution is 2.26. The highest BCUT2D eigenvalue weighted by Gasteiger charge is 2.33. The molecule has 0 spiro atoms. The van der Waals surface area contributed by atoms with Crippen LogP contribution in [0.1, 0.15) is 41.8 Å². The third kappa shape index (κ3) is 6.65. The molecule has 2 aromatic carbocycles. The summed E-state index contributed by atoms with van der Waals surface area (Å²) in [4.78, 5) is 29.1. The predicted molar refractivity (Wildman–Crippen MR) is 129 cm³/mol. The van der Waals surface area contributed by atoms with E-state index >= 15 is 0 Å². The smallest absolute Gasteiger partial charge is 0.247 e. The third-order valence-corrected chi connectivity index (χ3v) is 6.24. The monoisotopic (exact) mass is 468 g/mol. The number of hydrogen-bond acceptors (Lipinski definition) is 4. The van der Waals surface area contributed by atoms with E-state index in [0.717, 1.165) is 22.6 Å². The summed E-state index contributed by atoms with van der Waals surface area (Å²) in [6.45, 7) is 2.65. The molecule has 0 bridgehead atoms. The molecule has 0 aliphatic heterocycles. The van der Waals surface area contributed by atoms with Gasteiger partial charge in [-0.2, -0.15) is 0 Å². The van der Waals surface area contributed by atoms with Gasteiger partial charge >= 0.3 is 0 Å². The molecule has 33 heavy (non-hydrogen) atoms. The molecule has 0 saturated heterocycles. The van der Waals surface area contributed by atoms with E-state index in [1.165, 1.54) is 22.3 Å². The molecule has 1 atom stereocenters. The van der Waals surface area contributed by atoms with Crippen LogP contribution in [0.4, 0.5) is 4.39 Å². The highest BCUT2D eigenvalue weighted by atomic mass is 32.1. The zero-order valence-corrected chi connectivity index (χ0v) is 19.7. The van der Waals surface area contributed by atoms with Crippen molar-refractivity contribution in [2.24, 2.45) is 0 Å². The Bertz CT molecular complexity index is 1040. The summed E-state index contributed by atoms with van der Waals surface area (Å²) in [5.74, 6) is -0.392. The van der Waals surface area contributed by atoms with E-state index in [9.17, 15) is 14.0 Å². The van der Waals surface area contributed by atoms with Gasteiger partial charge in [0.25, 0.3) is 0 Å². The summed E-state index contributed by atoms with van der Waals surface area (Å²) in [5.41, 5.74) is 1.07. The summed E-state index contributed by atoms with van der Waals surface area (Å²) in [7, 11) is 1.59. The van der Waals surface area contributed by atoms with Crippen molar-refractivity contribution < 1.29 is 18.7 Å². The lowest BCUT2D eigenvalue weighted by Gasteiger charge is -2.31. The molecule has 5 nitrogen and oxygen atoms in total. The Hall–Kier alpha value is -3.19. The van der Waals surface area contributed by atoms with E-state index in [1.54, 1.807) is 25.3 Å². The Labute approximate surface area is 198 Å². The summed E-state index contributed by atoms with van der Waals surface area (Å²) < 4.78 is 20.0. The molecule has 2 amide bonds. The van der Waals surface area contributed by atoms with E-state index in [-0.39, 0.29) is 24.4 Å². The number of nitrogens with zero attached hydrogens (tertiary/aromatic N) is 1. The number of ether oxygens (including phenoxy) is 1. The summed E-state index contributed by atoms with van der Waals surface area (Å²) in [6.07, 6.45) is 1.74. The number of methoxy groups -OCH3 is 1. The van der Waals surface area contributed by atoms with Crippen LogP contribution in [0, 0.1) is 5.82 Å². The maximum atomic E-state index is 14.8. The van der Waals surface area contributed by atoms with Gasteiger partial charge in [-0.05, 0) is 41.6 Å². The standard InChI is InChI=1S/C26H29FN2O3S/c1-3-4-15-29(24(30)17-21-8-7-16-33-21)25(22-9-5-6-10-23(22)27)26(31)28-18-19-11-13-20(32-2)14-12-19/h5-14,16,25H,3-4,15,17-18H2,1-2H3,(H,28,31)/t25-/m0/s1. The van der Waals surface area contributed by atoms with Crippen LogP contribution < -0.4 is 10.1 Å². The molecule has 0 radical (unpaired) electrons. The molecule has 0 saturated carbocycles. The quantitative estimate of drug-likeness (QED) is 0.425. The molecule has 174 valence electrons. The van der Waals surface area contributed by atoms with Gasteiger partial charge in [0.1, 0.15) is 17.6 Å². The molecule has 1 N–H and O–H groups in total. The van der Waals surface area contributed by atoms with Crippen LogP contribution in [0.5, 0.6) is 5.75 Å². The minimum atomic E-state index is -1.05. The number of hydrogen-bond donors (Lipinski definition) is 1. The van der Waals surface area contributed by atoms with Crippen molar-refractivity contribution in [3.8, 4) is 5.75 Å². The lowest BCUT2D eigenvalue weighted by molar-refractivity contribution is -0.140. The van der Waals surface area contributed by atoms with Crippen molar-refractivity contribution in [2.45, 2.75) is 38.8 Å². The first-order valence-electron chi connectivity index (χ1n) is 11.0. The van der Waals surface area contributed by atoms with Crippen molar-refractivity contribution in [3.05, 3.63) is 87.9 Å². The highest BCUT2D eigenvalue weighted by molar-refractivity contribution is 7.10. The van der Waals surface area contributed by atoms with Gasteiger partial charge in [0.05, 0.1) is 13.5 Å². The number of carbonyl (C=O) groups excluding carboxylic acids is 2. The summed E-state index contributed by atoms with van der Waals surface area (Å²) in [6, 6.07) is 16.2. The molecule has 1 aromatic heterocycles. The lowest BCUT2D eigenvalue weighted by Crippen LogP contribution is -2.45. The van der Waals surface area contributed by atoms with Crippen LogP contribution >= 0.6 is 11.3 Å². The van der Waals surface area contributed by atoms with Gasteiger partial charge < -0.3 is 15.0 Å². The topological polar surface area (TPSA) is 58.6 Å². The molecule has 0 aliphatic carbocycles. The van der Waals surface area contributed by atoms with Crippen molar-refractivity contribution in [1.82, 2.24) is 10.2 Å². The lowest BCUT2D eigenvalue weighted by atomic mass is 10.0. The normalized spacial score (nSPS) is 11.6. The molecular weight excluding hydrogens is 439 g/mol. The van der Waals surface area contributed by atoms with Gasteiger partial charge in [-0.1, -0.05) is 49.7 Å². The maximum absolute atomic E-state index is 14.8. The largest absolute Gasteiger partial charge is 0.497 e. The summed E-state index contributed by atoms with van der Waals surface area (Å²) >= 11 is 1.49. The van der Waals surface area contributed by atoms with Gasteiger partial charge in [-0.3, -0.25) is 9.59 Å². The molecular formula is C26H29FN2O3S. The minimum Gasteiger partial charge on any atom is -0.497 e. The molecule has 1 heterocycles. The first-order valence-corrected chi connectivity index (χ1v) is 11.9. The number of amides is 2. The zero-order chi connectivity index (χ0) is 23.6. The summed E-state index contributed by atoms with van der Waals surface area (Å²) in [5, 5.41) is 4.81. The first-order chi connectivity index (χ1) is 16.0. The Morgan fingerprint density at radius 2 is 1.85 bits per heavy atom. The van der Waals surface area contributed by atoms with Crippen LogP contribution in [0.2, 0.25) is 0 Å². The van der Waals surface area contributed by atoms with Crippen molar-refractivity contribution in [1.29, 1.82) is 0 Å². The SMILES string of the molecule is CCCCN(C(=O)Cc1cccs1)[C@H](C(=O)NCc1ccc(OC)cc1)c1ccccc1F. The number of unbranched alkanes of at least 4 members (excludes halogenated alkanes) is 1. The third-order valence-electron chi connectivity index (χ3n) is 5.36. The molecule has 0 fully saturated rings. The Kier molecular flexibility index (Phi) is 9.01. The van der Waals surface area contributed by atoms with Gasteiger partial charge in [-0.15, -0.1) is 11.3 Å². The number of carbonyl (C=O) groups is 2. The van der Waals surface area contributed by atoms with E-state index in [2.05, 4.69) is 5.32 Å². The molecule has 7 heteroatoms. The van der Waals surface area contributed by atoms with Gasteiger partial charge in [-0.25, -0.2) is 4.39 Å². The molecule has 3 rings (SSSR count). The maximum Gasteiger partial charge on any atom is 0.247 e. The second-order valence-electron chi connectivity index (χ2n) is 7.69. The average molecular weight is 469 g/mol. The van der Waals surface area contributed by atoms with Gasteiger partial charge in [0.2, 0.25) is 11.8 Å². The molecule has 0 unspecified atom stereocenters. The van der Waals surface area contributed by atoms with E-state index in [1.807, 2.05) is 48.7 Å². The number of rotatable bonds is 11. The number of thiophene rings is 1. The molecule has 0 aliphatic rings. The zero-order valence-electron chi connectivity index (χ0n) is 18.9. The van der Waals surface area contributed by atoms with Gasteiger partial charge in [0.15, 0.2) is 0 Å². The van der Waals surface area contributed by atoms with Crippen LogP contribution in [0.25, 0.3) is 0 Å². The fourth-order valence-electron chi connectivity index (χ4n) is 3.57. The molecule has 3 aromatic rings. The first kappa shape index (κ1) is 24.5. The Balaban J connectivity index is 1.87. The number of benzene rings is 2. The number of nitrogens with one attached hydrogen (secondary N) is 1. The van der Waals surface area contributed by atoms with Crippen molar-refractivity contribution in [3.63, 3.8) is 0 Å². The Morgan fingerprint density at radius 1 is 1.09 bits per heavy atom. The van der Waals surface area contributed by atoms with Crippen LogP contribution in [0.15, 0.2) is 66.0 Å². The fourth-order valence-corrected chi connectivity index (χ4v) is 4.26. The van der Waals surface area contributed by atoms with Crippen molar-refractivity contribution in [2.75, 3.05) is 13.7 Å². The Morgan fingerprint density at radius 3 is 2.48 bits per heavy atom. The average Bonchev–Trinajstić information content (AvgIpc) is 3.34. The van der Waals surface area contributed by atoms with E-state index < -0.39 is 17.8 Å². The van der Waals surface area contributed by atoms with E-state index in [4.69, 9.17) is 4.74 Å². The van der Waals surface area contributed by atoms with Crippen LogP contribution in [-0.2, 0) is 22.6 Å². The van der Waals surface area contributed by atoms with Crippen molar-refractivity contribution >= 4 is 23.2 Å².